The second-order valence-corrected chi connectivity index (χ2v) is 7.89. The molecular weight excluding hydrogens is 474 g/mol. The lowest BCUT2D eigenvalue weighted by atomic mass is 10.00. The topological polar surface area (TPSA) is 155 Å². The Labute approximate surface area is 217 Å². The molecule has 0 atom stereocenters. The van der Waals surface area contributed by atoms with Crippen LogP contribution in [-0.2, 0) is 0 Å². The van der Waals surface area contributed by atoms with E-state index in [1.54, 1.807) is 66.7 Å². The maximum absolute atomic E-state index is 10.3. The average Bonchev–Trinajstić information content (AvgIpc) is 3.55. The molecule has 9 nitrogen and oxygen atoms in total. The Bertz CT molecular complexity index is 1780. The van der Waals surface area contributed by atoms with Crippen LogP contribution in [0, 0.1) is 56.7 Å². The standard InChI is InChI=1S/C29H13N9/c30-14-23-21(28-35-24(15-31)26(17-33)37(28)19-8-3-1-4-9-19)12-7-13-22(23)29-36-25(16-32)27(18-34)38(29)20-10-5-2-6-11-20/h1-13H. The van der Waals surface area contributed by atoms with E-state index in [2.05, 4.69) is 28.2 Å². The molecule has 0 aliphatic carbocycles. The minimum atomic E-state index is -0.0787. The quantitative estimate of drug-likeness (QED) is 0.354. The predicted octanol–water partition coefficient (Wildman–Crippen LogP) is 4.75. The van der Waals surface area contributed by atoms with E-state index in [9.17, 15) is 26.3 Å². The van der Waals surface area contributed by atoms with Crippen molar-refractivity contribution in [2.75, 3.05) is 0 Å². The summed E-state index contributed by atoms with van der Waals surface area (Å²) in [5, 5.41) is 49.4. The molecule has 2 aromatic heterocycles. The Hall–Kier alpha value is -6.47. The van der Waals surface area contributed by atoms with Gasteiger partial charge in [0.2, 0.25) is 0 Å². The first-order valence-corrected chi connectivity index (χ1v) is 11.2. The summed E-state index contributed by atoms with van der Waals surface area (Å²) in [5.74, 6) is 0.447. The largest absolute Gasteiger partial charge is 0.283 e. The van der Waals surface area contributed by atoms with Gasteiger partial charge in [-0.05, 0) is 36.4 Å². The highest BCUT2D eigenvalue weighted by atomic mass is 15.1. The lowest BCUT2D eigenvalue weighted by Gasteiger charge is -2.14. The van der Waals surface area contributed by atoms with Gasteiger partial charge in [-0.25, -0.2) is 9.97 Å². The van der Waals surface area contributed by atoms with Crippen molar-refractivity contribution in [3.8, 4) is 64.5 Å². The van der Waals surface area contributed by atoms with Crippen molar-refractivity contribution in [3.05, 3.63) is 107 Å². The zero-order valence-electron chi connectivity index (χ0n) is 19.5. The van der Waals surface area contributed by atoms with Crippen LogP contribution in [0.4, 0.5) is 0 Å². The Morgan fingerprint density at radius 2 is 0.895 bits per heavy atom. The molecule has 0 aliphatic heterocycles. The minimum Gasteiger partial charge on any atom is -0.283 e. The van der Waals surface area contributed by atoms with Gasteiger partial charge in [-0.3, -0.25) is 9.13 Å². The van der Waals surface area contributed by atoms with E-state index in [1.807, 2.05) is 24.3 Å². The molecule has 174 valence electrons. The van der Waals surface area contributed by atoms with Crippen LogP contribution in [0.1, 0.15) is 28.3 Å². The molecule has 0 saturated carbocycles. The number of hydrogen-bond acceptors (Lipinski definition) is 7. The van der Waals surface area contributed by atoms with Crippen LogP contribution >= 0.6 is 0 Å². The summed E-state index contributed by atoms with van der Waals surface area (Å²) in [6, 6.07) is 33.1. The second-order valence-electron chi connectivity index (χ2n) is 7.89. The van der Waals surface area contributed by atoms with E-state index in [0.717, 1.165) is 0 Å². The van der Waals surface area contributed by atoms with Crippen molar-refractivity contribution in [2.45, 2.75) is 0 Å². The average molecular weight is 487 g/mol. The third kappa shape index (κ3) is 3.62. The zero-order chi connectivity index (χ0) is 26.6. The molecule has 0 spiro atoms. The van der Waals surface area contributed by atoms with Gasteiger partial charge in [-0.2, -0.15) is 26.3 Å². The van der Waals surface area contributed by atoms with E-state index < -0.39 is 0 Å². The van der Waals surface area contributed by atoms with E-state index in [0.29, 0.717) is 22.5 Å². The fourth-order valence-electron chi connectivity index (χ4n) is 4.27. The van der Waals surface area contributed by atoms with Gasteiger partial charge in [-0.15, -0.1) is 0 Å². The molecule has 9 heteroatoms. The van der Waals surface area contributed by atoms with Crippen LogP contribution in [0.2, 0.25) is 0 Å². The molecule has 5 rings (SSSR count). The molecule has 0 bridgehead atoms. The second kappa shape index (κ2) is 9.65. The Morgan fingerprint density at radius 3 is 1.24 bits per heavy atom. The zero-order valence-corrected chi connectivity index (χ0v) is 19.5. The molecule has 2 heterocycles. The first-order chi connectivity index (χ1) is 18.7. The van der Waals surface area contributed by atoms with Crippen LogP contribution in [-0.4, -0.2) is 19.1 Å². The van der Waals surface area contributed by atoms with Crippen LogP contribution in [0.5, 0.6) is 0 Å². The first-order valence-electron chi connectivity index (χ1n) is 11.2. The van der Waals surface area contributed by atoms with E-state index in [-0.39, 0.29) is 40.0 Å². The number of nitrogens with zero attached hydrogens (tertiary/aromatic N) is 9. The molecule has 0 amide bonds. The van der Waals surface area contributed by atoms with Crippen LogP contribution in [0.3, 0.4) is 0 Å². The monoisotopic (exact) mass is 487 g/mol. The molecule has 3 aromatic carbocycles. The molecule has 38 heavy (non-hydrogen) atoms. The molecule has 5 aromatic rings. The summed E-state index contributed by atoms with van der Waals surface area (Å²) in [5.41, 5.74) is 1.95. The summed E-state index contributed by atoms with van der Waals surface area (Å²) in [7, 11) is 0. The Kier molecular flexibility index (Phi) is 5.91. The summed E-state index contributed by atoms with van der Waals surface area (Å²) in [4.78, 5) is 8.84. The highest BCUT2D eigenvalue weighted by Gasteiger charge is 2.26. The third-order valence-corrected chi connectivity index (χ3v) is 5.87. The maximum atomic E-state index is 10.3. The molecular formula is C29H13N9. The molecule has 0 aliphatic rings. The number of hydrogen-bond donors (Lipinski definition) is 0. The lowest BCUT2D eigenvalue weighted by molar-refractivity contribution is 1.04. The van der Waals surface area contributed by atoms with Crippen molar-refractivity contribution >= 4 is 0 Å². The molecule has 0 radical (unpaired) electrons. The smallest absolute Gasteiger partial charge is 0.177 e. The predicted molar refractivity (Wildman–Crippen MR) is 135 cm³/mol. The van der Waals surface area contributed by atoms with E-state index in [4.69, 9.17) is 0 Å². The maximum Gasteiger partial charge on any atom is 0.177 e. The summed E-state index contributed by atoms with van der Waals surface area (Å²) in [6.45, 7) is 0. The van der Waals surface area contributed by atoms with Gasteiger partial charge >= 0.3 is 0 Å². The number of imidazole rings is 2. The van der Waals surface area contributed by atoms with Crippen LogP contribution < -0.4 is 0 Å². The van der Waals surface area contributed by atoms with E-state index >= 15 is 0 Å². The SMILES string of the molecule is N#Cc1nc(-c2cccc(-c3nc(C#N)c(C#N)n3-c3ccccc3)c2C#N)n(-c2ccccc2)c1C#N. The van der Waals surface area contributed by atoms with E-state index in [1.165, 1.54) is 9.13 Å². The van der Waals surface area contributed by atoms with Gasteiger partial charge in [0.25, 0.3) is 0 Å². The molecule has 0 unspecified atom stereocenters. The number of rotatable bonds is 4. The van der Waals surface area contributed by atoms with Gasteiger partial charge in [0.05, 0.1) is 5.56 Å². The highest BCUT2D eigenvalue weighted by molar-refractivity contribution is 5.80. The van der Waals surface area contributed by atoms with Gasteiger partial charge < -0.3 is 0 Å². The number of nitriles is 5. The summed E-state index contributed by atoms with van der Waals surface area (Å²) in [6.07, 6.45) is 0. The van der Waals surface area contributed by atoms with Gasteiger partial charge in [-0.1, -0.05) is 42.5 Å². The normalized spacial score (nSPS) is 9.97. The fourth-order valence-corrected chi connectivity index (χ4v) is 4.27. The number of aromatic nitrogens is 4. The first kappa shape index (κ1) is 23.3. The Balaban J connectivity index is 1.85. The molecule has 0 N–H and O–H groups in total. The van der Waals surface area contributed by atoms with Crippen LogP contribution in [0.25, 0.3) is 34.2 Å². The Morgan fingerprint density at radius 1 is 0.474 bits per heavy atom. The highest BCUT2D eigenvalue weighted by Crippen LogP contribution is 2.35. The summed E-state index contributed by atoms with van der Waals surface area (Å²) >= 11 is 0. The van der Waals surface area contributed by atoms with Crippen molar-refractivity contribution in [1.82, 2.24) is 19.1 Å². The van der Waals surface area contributed by atoms with Crippen molar-refractivity contribution < 1.29 is 0 Å². The van der Waals surface area contributed by atoms with Crippen molar-refractivity contribution in [3.63, 3.8) is 0 Å². The fraction of sp³-hybridized carbons (Fsp3) is 0. The molecule has 0 saturated heterocycles. The number of benzene rings is 3. The van der Waals surface area contributed by atoms with Gasteiger partial charge in [0, 0.05) is 22.5 Å². The molecule has 0 fully saturated rings. The summed E-state index contributed by atoms with van der Waals surface area (Å²) < 4.78 is 3.06. The van der Waals surface area contributed by atoms with Crippen molar-refractivity contribution in [1.29, 1.82) is 26.3 Å². The van der Waals surface area contributed by atoms with Crippen molar-refractivity contribution in [2.24, 2.45) is 0 Å². The number of para-hydroxylation sites is 2. The van der Waals surface area contributed by atoms with Crippen LogP contribution in [0.15, 0.2) is 78.9 Å². The third-order valence-electron chi connectivity index (χ3n) is 5.87. The van der Waals surface area contributed by atoms with Gasteiger partial charge in [0.1, 0.15) is 42.0 Å². The lowest BCUT2D eigenvalue weighted by Crippen LogP contribution is -2.04. The van der Waals surface area contributed by atoms with Gasteiger partial charge in [0.15, 0.2) is 22.8 Å². The minimum absolute atomic E-state index is 0.0345.